The Hall–Kier alpha value is -1.62. The van der Waals surface area contributed by atoms with Gasteiger partial charge in [0, 0.05) is 12.5 Å². The fraction of sp³-hybridized carbons (Fsp3) is 0.333. The van der Waals surface area contributed by atoms with E-state index < -0.39 is 0 Å². The predicted molar refractivity (Wildman–Crippen MR) is 51.6 cm³/mol. The standard InChI is InChI=1S/C9H12N4O/c1-6-4-8(14-13-6)7-5-11-9(12-7)2-3-10/h4-5H,2-3,10H2,1H3,(H,11,12). The molecule has 0 unspecified atom stereocenters. The van der Waals surface area contributed by atoms with Gasteiger partial charge < -0.3 is 15.2 Å². The summed E-state index contributed by atoms with van der Waals surface area (Å²) in [6, 6.07) is 1.86. The van der Waals surface area contributed by atoms with E-state index in [1.165, 1.54) is 0 Å². The molecule has 0 radical (unpaired) electrons. The van der Waals surface area contributed by atoms with E-state index in [2.05, 4.69) is 15.1 Å². The summed E-state index contributed by atoms with van der Waals surface area (Å²) in [4.78, 5) is 7.29. The molecule has 0 bridgehead atoms. The molecule has 0 aromatic carbocycles. The Bertz CT molecular complexity index is 418. The second-order valence-electron chi connectivity index (χ2n) is 3.11. The highest BCUT2D eigenvalue weighted by Gasteiger charge is 2.07. The summed E-state index contributed by atoms with van der Waals surface area (Å²) in [5, 5.41) is 3.80. The van der Waals surface area contributed by atoms with Crippen molar-refractivity contribution in [1.82, 2.24) is 15.1 Å². The number of hydrogen-bond acceptors (Lipinski definition) is 4. The third kappa shape index (κ3) is 1.67. The first-order valence-electron chi connectivity index (χ1n) is 4.47. The number of nitrogens with two attached hydrogens (primary N) is 1. The first kappa shape index (κ1) is 8.96. The number of nitrogens with zero attached hydrogens (tertiary/aromatic N) is 2. The van der Waals surface area contributed by atoms with Crippen LogP contribution in [0.5, 0.6) is 0 Å². The Morgan fingerprint density at radius 2 is 2.43 bits per heavy atom. The van der Waals surface area contributed by atoms with Crippen LogP contribution in [0.1, 0.15) is 11.5 Å². The van der Waals surface area contributed by atoms with Crippen molar-refractivity contribution in [2.45, 2.75) is 13.3 Å². The normalized spacial score (nSPS) is 10.7. The van der Waals surface area contributed by atoms with Crippen molar-refractivity contribution in [3.8, 4) is 11.5 Å². The van der Waals surface area contributed by atoms with Crippen LogP contribution in [0, 0.1) is 6.92 Å². The number of hydrogen-bond donors (Lipinski definition) is 2. The molecule has 5 nitrogen and oxygen atoms in total. The van der Waals surface area contributed by atoms with Gasteiger partial charge in [0.15, 0.2) is 5.76 Å². The molecule has 0 saturated carbocycles. The summed E-state index contributed by atoms with van der Waals surface area (Å²) in [5.41, 5.74) is 7.11. The summed E-state index contributed by atoms with van der Waals surface area (Å²) in [5.74, 6) is 1.58. The summed E-state index contributed by atoms with van der Waals surface area (Å²) < 4.78 is 5.09. The molecule has 5 heteroatoms. The van der Waals surface area contributed by atoms with Gasteiger partial charge in [0.1, 0.15) is 11.5 Å². The van der Waals surface area contributed by atoms with E-state index in [1.54, 1.807) is 6.20 Å². The van der Waals surface area contributed by atoms with Gasteiger partial charge in [0.05, 0.1) is 11.9 Å². The maximum absolute atomic E-state index is 5.42. The van der Waals surface area contributed by atoms with Gasteiger partial charge >= 0.3 is 0 Å². The molecule has 2 aromatic rings. The van der Waals surface area contributed by atoms with Gasteiger partial charge in [-0.15, -0.1) is 0 Å². The van der Waals surface area contributed by atoms with Gasteiger partial charge in [-0.05, 0) is 13.5 Å². The van der Waals surface area contributed by atoms with E-state index in [9.17, 15) is 0 Å². The number of aromatic nitrogens is 3. The predicted octanol–water partition coefficient (Wildman–Crippen LogP) is 0.874. The lowest BCUT2D eigenvalue weighted by atomic mass is 10.3. The molecule has 3 N–H and O–H groups in total. The van der Waals surface area contributed by atoms with Crippen molar-refractivity contribution in [2.24, 2.45) is 5.73 Å². The Morgan fingerprint density at radius 3 is 3.07 bits per heavy atom. The van der Waals surface area contributed by atoms with Crippen LogP contribution in [0.3, 0.4) is 0 Å². The van der Waals surface area contributed by atoms with Crippen LogP contribution in [0.4, 0.5) is 0 Å². The Kier molecular flexibility index (Phi) is 2.32. The highest BCUT2D eigenvalue weighted by molar-refractivity contribution is 5.50. The van der Waals surface area contributed by atoms with Crippen LogP contribution >= 0.6 is 0 Å². The Labute approximate surface area is 81.3 Å². The minimum absolute atomic E-state index is 0.586. The van der Waals surface area contributed by atoms with E-state index in [0.717, 1.165) is 23.6 Å². The number of aromatic amines is 1. The van der Waals surface area contributed by atoms with E-state index in [-0.39, 0.29) is 0 Å². The molecular formula is C9H12N4O. The molecular weight excluding hydrogens is 180 g/mol. The van der Waals surface area contributed by atoms with E-state index in [0.29, 0.717) is 12.3 Å². The molecule has 2 heterocycles. The minimum atomic E-state index is 0.586. The van der Waals surface area contributed by atoms with Crippen molar-refractivity contribution in [1.29, 1.82) is 0 Å². The quantitative estimate of drug-likeness (QED) is 0.756. The maximum Gasteiger partial charge on any atom is 0.184 e. The smallest absolute Gasteiger partial charge is 0.184 e. The second-order valence-corrected chi connectivity index (χ2v) is 3.11. The lowest BCUT2D eigenvalue weighted by molar-refractivity contribution is 0.426. The highest BCUT2D eigenvalue weighted by atomic mass is 16.5. The molecule has 0 atom stereocenters. The summed E-state index contributed by atoms with van der Waals surface area (Å²) in [6.45, 7) is 2.46. The van der Waals surface area contributed by atoms with Gasteiger partial charge in [-0.3, -0.25) is 0 Å². The summed E-state index contributed by atoms with van der Waals surface area (Å²) in [7, 11) is 0. The lowest BCUT2D eigenvalue weighted by Crippen LogP contribution is -2.03. The second kappa shape index (κ2) is 3.63. The third-order valence-corrected chi connectivity index (χ3v) is 1.90. The zero-order valence-corrected chi connectivity index (χ0v) is 7.95. The van der Waals surface area contributed by atoms with Gasteiger partial charge in [-0.25, -0.2) is 4.98 Å². The van der Waals surface area contributed by atoms with Gasteiger partial charge in [0.25, 0.3) is 0 Å². The molecule has 0 fully saturated rings. The molecule has 2 rings (SSSR count). The zero-order chi connectivity index (χ0) is 9.97. The van der Waals surface area contributed by atoms with Gasteiger partial charge in [-0.2, -0.15) is 0 Å². The monoisotopic (exact) mass is 192 g/mol. The Morgan fingerprint density at radius 1 is 1.57 bits per heavy atom. The number of rotatable bonds is 3. The highest BCUT2D eigenvalue weighted by Crippen LogP contribution is 2.17. The lowest BCUT2D eigenvalue weighted by Gasteiger charge is -1.89. The molecule has 0 aliphatic carbocycles. The average molecular weight is 192 g/mol. The maximum atomic E-state index is 5.42. The van der Waals surface area contributed by atoms with Crippen LogP contribution in [0.2, 0.25) is 0 Å². The Balaban J connectivity index is 2.24. The molecule has 0 saturated heterocycles. The molecule has 0 aliphatic heterocycles. The van der Waals surface area contributed by atoms with Crippen LogP contribution in [-0.4, -0.2) is 21.7 Å². The van der Waals surface area contributed by atoms with Gasteiger partial charge in [0.2, 0.25) is 0 Å². The number of aryl methyl sites for hydroxylation is 1. The van der Waals surface area contributed by atoms with Crippen LogP contribution < -0.4 is 5.73 Å². The van der Waals surface area contributed by atoms with Crippen molar-refractivity contribution in [3.63, 3.8) is 0 Å². The largest absolute Gasteiger partial charge is 0.354 e. The van der Waals surface area contributed by atoms with Crippen LogP contribution in [0.25, 0.3) is 11.5 Å². The zero-order valence-electron chi connectivity index (χ0n) is 7.95. The fourth-order valence-corrected chi connectivity index (χ4v) is 1.24. The molecule has 14 heavy (non-hydrogen) atoms. The van der Waals surface area contributed by atoms with Crippen molar-refractivity contribution >= 4 is 0 Å². The van der Waals surface area contributed by atoms with Gasteiger partial charge in [-0.1, -0.05) is 5.16 Å². The summed E-state index contributed by atoms with van der Waals surface area (Å²) in [6.07, 6.45) is 2.47. The molecule has 0 aliphatic rings. The molecule has 2 aromatic heterocycles. The molecule has 74 valence electrons. The number of H-pyrrole nitrogens is 1. The van der Waals surface area contributed by atoms with Crippen molar-refractivity contribution < 1.29 is 4.52 Å². The van der Waals surface area contributed by atoms with Crippen molar-refractivity contribution in [2.75, 3.05) is 6.54 Å². The number of imidazole rings is 1. The van der Waals surface area contributed by atoms with Crippen LogP contribution in [-0.2, 0) is 6.42 Å². The third-order valence-electron chi connectivity index (χ3n) is 1.90. The first-order chi connectivity index (χ1) is 6.79. The van der Waals surface area contributed by atoms with E-state index in [1.807, 2.05) is 13.0 Å². The number of nitrogens with one attached hydrogen (secondary N) is 1. The van der Waals surface area contributed by atoms with E-state index in [4.69, 9.17) is 10.3 Å². The SMILES string of the molecule is Cc1cc(-c2cnc(CCN)[nH]2)on1. The topological polar surface area (TPSA) is 80.7 Å². The minimum Gasteiger partial charge on any atom is -0.354 e. The van der Waals surface area contributed by atoms with E-state index >= 15 is 0 Å². The summed E-state index contributed by atoms with van der Waals surface area (Å²) >= 11 is 0. The van der Waals surface area contributed by atoms with Crippen molar-refractivity contribution in [3.05, 3.63) is 23.8 Å². The first-order valence-corrected chi connectivity index (χ1v) is 4.47. The average Bonchev–Trinajstić information content (AvgIpc) is 2.74. The molecule has 0 spiro atoms. The van der Waals surface area contributed by atoms with Crippen LogP contribution in [0.15, 0.2) is 16.8 Å². The molecule has 0 amide bonds. The fourth-order valence-electron chi connectivity index (χ4n) is 1.24.